The maximum atomic E-state index is 12.0. The fourth-order valence-electron chi connectivity index (χ4n) is 1.60. The SMILES string of the molecule is Cc1c(C(=O)Nc2cc(C(C)C)[nH]n2)cnn1C. The molecule has 0 saturated heterocycles. The molecule has 2 rings (SSSR count). The van der Waals surface area contributed by atoms with Crippen molar-refractivity contribution in [3.05, 3.63) is 29.2 Å². The van der Waals surface area contributed by atoms with E-state index < -0.39 is 0 Å². The number of hydrogen-bond acceptors (Lipinski definition) is 3. The van der Waals surface area contributed by atoms with E-state index >= 15 is 0 Å². The van der Waals surface area contributed by atoms with Gasteiger partial charge in [0.2, 0.25) is 0 Å². The molecule has 2 heterocycles. The highest BCUT2D eigenvalue weighted by Crippen LogP contribution is 2.16. The lowest BCUT2D eigenvalue weighted by Gasteiger charge is -2.01. The number of aryl methyl sites for hydroxylation is 1. The molecule has 0 aliphatic rings. The molecule has 1 amide bonds. The van der Waals surface area contributed by atoms with Gasteiger partial charge in [0.05, 0.1) is 11.8 Å². The molecule has 0 aliphatic heterocycles. The van der Waals surface area contributed by atoms with Crippen LogP contribution in [0.3, 0.4) is 0 Å². The maximum absolute atomic E-state index is 12.0. The molecule has 0 radical (unpaired) electrons. The molecular weight excluding hydrogens is 230 g/mol. The van der Waals surface area contributed by atoms with Crippen LogP contribution in [0, 0.1) is 6.92 Å². The average molecular weight is 247 g/mol. The van der Waals surface area contributed by atoms with Crippen molar-refractivity contribution in [3.63, 3.8) is 0 Å². The lowest BCUT2D eigenvalue weighted by Crippen LogP contribution is -2.13. The number of rotatable bonds is 3. The highest BCUT2D eigenvalue weighted by molar-refractivity contribution is 6.04. The third kappa shape index (κ3) is 2.27. The van der Waals surface area contributed by atoms with Crippen LogP contribution in [0.5, 0.6) is 0 Å². The molecule has 0 aliphatic carbocycles. The second-order valence-corrected chi connectivity index (χ2v) is 4.58. The van der Waals surface area contributed by atoms with Crippen LogP contribution in [-0.4, -0.2) is 25.9 Å². The summed E-state index contributed by atoms with van der Waals surface area (Å²) in [6.45, 7) is 5.97. The smallest absolute Gasteiger partial charge is 0.260 e. The Morgan fingerprint density at radius 3 is 2.72 bits per heavy atom. The van der Waals surface area contributed by atoms with E-state index in [2.05, 4.69) is 34.5 Å². The Balaban J connectivity index is 2.14. The molecule has 0 fully saturated rings. The number of carbonyl (C=O) groups excluding carboxylic acids is 1. The van der Waals surface area contributed by atoms with Crippen LogP contribution < -0.4 is 5.32 Å². The average Bonchev–Trinajstić information content (AvgIpc) is 2.88. The van der Waals surface area contributed by atoms with Crippen molar-refractivity contribution in [1.82, 2.24) is 20.0 Å². The molecule has 2 N–H and O–H groups in total. The minimum Gasteiger partial charge on any atom is -0.305 e. The largest absolute Gasteiger partial charge is 0.305 e. The Kier molecular flexibility index (Phi) is 3.18. The molecular formula is C12H17N5O. The monoisotopic (exact) mass is 247 g/mol. The molecule has 0 aromatic carbocycles. The first kappa shape index (κ1) is 12.3. The van der Waals surface area contributed by atoms with Gasteiger partial charge in [0, 0.05) is 24.5 Å². The first-order chi connectivity index (χ1) is 8.49. The van der Waals surface area contributed by atoms with Crippen LogP contribution >= 0.6 is 0 Å². The van der Waals surface area contributed by atoms with E-state index in [-0.39, 0.29) is 5.91 Å². The van der Waals surface area contributed by atoms with E-state index in [1.807, 2.05) is 13.0 Å². The van der Waals surface area contributed by atoms with Gasteiger partial charge in [-0.3, -0.25) is 14.6 Å². The third-order valence-corrected chi connectivity index (χ3v) is 2.94. The molecule has 6 heteroatoms. The molecule has 96 valence electrons. The number of carbonyl (C=O) groups is 1. The molecule has 0 spiro atoms. The van der Waals surface area contributed by atoms with Crippen molar-refractivity contribution in [2.45, 2.75) is 26.7 Å². The van der Waals surface area contributed by atoms with Gasteiger partial charge in [-0.15, -0.1) is 0 Å². The summed E-state index contributed by atoms with van der Waals surface area (Å²) >= 11 is 0. The molecule has 2 aromatic heterocycles. The molecule has 0 saturated carbocycles. The number of aromatic amines is 1. The number of anilines is 1. The Morgan fingerprint density at radius 1 is 1.50 bits per heavy atom. The topological polar surface area (TPSA) is 75.6 Å². The van der Waals surface area contributed by atoms with Crippen molar-refractivity contribution in [2.24, 2.45) is 7.05 Å². The second-order valence-electron chi connectivity index (χ2n) is 4.58. The molecule has 2 aromatic rings. The third-order valence-electron chi connectivity index (χ3n) is 2.94. The van der Waals surface area contributed by atoms with Gasteiger partial charge in [-0.05, 0) is 12.8 Å². The van der Waals surface area contributed by atoms with Crippen molar-refractivity contribution in [1.29, 1.82) is 0 Å². The summed E-state index contributed by atoms with van der Waals surface area (Å²) in [7, 11) is 1.80. The summed E-state index contributed by atoms with van der Waals surface area (Å²) < 4.78 is 1.67. The predicted molar refractivity (Wildman–Crippen MR) is 68.6 cm³/mol. The van der Waals surface area contributed by atoms with Gasteiger partial charge in [-0.2, -0.15) is 10.2 Å². The first-order valence-electron chi connectivity index (χ1n) is 5.84. The standard InChI is InChI=1S/C12H17N5O/c1-7(2)10-5-11(16-15-10)14-12(18)9-6-13-17(4)8(9)3/h5-7H,1-4H3,(H2,14,15,16,18). The molecule has 0 bridgehead atoms. The molecule has 0 atom stereocenters. The zero-order valence-corrected chi connectivity index (χ0v) is 11.0. The van der Waals surface area contributed by atoms with E-state index in [0.29, 0.717) is 17.3 Å². The van der Waals surface area contributed by atoms with E-state index in [1.165, 1.54) is 0 Å². The van der Waals surface area contributed by atoms with Crippen molar-refractivity contribution < 1.29 is 4.79 Å². The summed E-state index contributed by atoms with van der Waals surface area (Å²) in [5.41, 5.74) is 2.38. The number of amides is 1. The zero-order chi connectivity index (χ0) is 13.3. The van der Waals surface area contributed by atoms with Crippen LogP contribution in [0.4, 0.5) is 5.82 Å². The highest BCUT2D eigenvalue weighted by atomic mass is 16.1. The van der Waals surface area contributed by atoms with Gasteiger partial charge in [-0.1, -0.05) is 13.8 Å². The highest BCUT2D eigenvalue weighted by Gasteiger charge is 2.14. The summed E-state index contributed by atoms with van der Waals surface area (Å²) in [6.07, 6.45) is 1.56. The molecule has 6 nitrogen and oxygen atoms in total. The van der Waals surface area contributed by atoms with Crippen LogP contribution in [0.15, 0.2) is 12.3 Å². The predicted octanol–water partition coefficient (Wildman–Crippen LogP) is 1.83. The van der Waals surface area contributed by atoms with Gasteiger partial charge >= 0.3 is 0 Å². The van der Waals surface area contributed by atoms with Crippen LogP contribution in [0.2, 0.25) is 0 Å². The van der Waals surface area contributed by atoms with Crippen LogP contribution in [0.1, 0.15) is 41.5 Å². The Labute approximate surface area is 105 Å². The molecule has 0 unspecified atom stereocenters. The van der Waals surface area contributed by atoms with Gasteiger partial charge in [0.15, 0.2) is 5.82 Å². The number of hydrogen-bond donors (Lipinski definition) is 2. The Bertz CT molecular complexity index is 567. The number of nitrogens with one attached hydrogen (secondary N) is 2. The Hall–Kier alpha value is -2.11. The minimum atomic E-state index is -0.192. The number of nitrogens with zero attached hydrogens (tertiary/aromatic N) is 3. The van der Waals surface area contributed by atoms with Gasteiger partial charge in [-0.25, -0.2) is 0 Å². The van der Waals surface area contributed by atoms with Gasteiger partial charge in [0.1, 0.15) is 0 Å². The van der Waals surface area contributed by atoms with Gasteiger partial charge < -0.3 is 5.32 Å². The fraction of sp³-hybridized carbons (Fsp3) is 0.417. The normalized spacial score (nSPS) is 10.9. The van der Waals surface area contributed by atoms with E-state index in [4.69, 9.17) is 0 Å². The zero-order valence-electron chi connectivity index (χ0n) is 11.0. The fourth-order valence-corrected chi connectivity index (χ4v) is 1.60. The van der Waals surface area contributed by atoms with E-state index in [1.54, 1.807) is 17.9 Å². The van der Waals surface area contributed by atoms with E-state index in [9.17, 15) is 4.79 Å². The maximum Gasteiger partial charge on any atom is 0.260 e. The lowest BCUT2D eigenvalue weighted by atomic mass is 10.1. The Morgan fingerprint density at radius 2 is 2.22 bits per heavy atom. The summed E-state index contributed by atoms with van der Waals surface area (Å²) in [5, 5.41) is 13.7. The van der Waals surface area contributed by atoms with Crippen molar-refractivity contribution in [2.75, 3.05) is 5.32 Å². The lowest BCUT2D eigenvalue weighted by molar-refractivity contribution is 0.102. The summed E-state index contributed by atoms with van der Waals surface area (Å²) in [6, 6.07) is 1.84. The number of aromatic nitrogens is 4. The first-order valence-corrected chi connectivity index (χ1v) is 5.84. The van der Waals surface area contributed by atoms with E-state index in [0.717, 1.165) is 11.4 Å². The minimum absolute atomic E-state index is 0.192. The van der Waals surface area contributed by atoms with Crippen LogP contribution in [-0.2, 0) is 7.05 Å². The number of H-pyrrole nitrogens is 1. The quantitative estimate of drug-likeness (QED) is 0.868. The van der Waals surface area contributed by atoms with Crippen molar-refractivity contribution in [3.8, 4) is 0 Å². The second kappa shape index (κ2) is 4.64. The van der Waals surface area contributed by atoms with Crippen LogP contribution in [0.25, 0.3) is 0 Å². The van der Waals surface area contributed by atoms with Crippen molar-refractivity contribution >= 4 is 11.7 Å². The van der Waals surface area contributed by atoms with Gasteiger partial charge in [0.25, 0.3) is 5.91 Å². The molecule has 18 heavy (non-hydrogen) atoms. The summed E-state index contributed by atoms with van der Waals surface area (Å²) in [5.74, 6) is 0.692. The summed E-state index contributed by atoms with van der Waals surface area (Å²) in [4.78, 5) is 12.0.